The van der Waals surface area contributed by atoms with Crippen molar-refractivity contribution < 1.29 is 13.5 Å². The maximum absolute atomic E-state index is 12.4. The zero-order valence-electron chi connectivity index (χ0n) is 11.7. The first-order valence-electron chi connectivity index (χ1n) is 6.87. The van der Waals surface area contributed by atoms with Crippen LogP contribution in [0.2, 0.25) is 0 Å². The fourth-order valence-electron chi connectivity index (χ4n) is 2.60. The van der Waals surface area contributed by atoms with Crippen molar-refractivity contribution in [3.8, 4) is 0 Å². The Hall–Kier alpha value is -1.11. The molecule has 0 aromatic heterocycles. The van der Waals surface area contributed by atoms with Crippen LogP contribution >= 0.6 is 0 Å². The number of sulfonamides is 1. The lowest BCUT2D eigenvalue weighted by Crippen LogP contribution is -2.53. The van der Waals surface area contributed by atoms with Crippen LogP contribution in [0.3, 0.4) is 0 Å². The SMILES string of the molecule is CC1CCC(CO)(NS(=O)(=O)c2ccc(N)cc2)CC1. The van der Waals surface area contributed by atoms with Crippen molar-refractivity contribution in [2.24, 2.45) is 5.92 Å². The van der Waals surface area contributed by atoms with Gasteiger partial charge < -0.3 is 10.8 Å². The normalized spacial score (nSPS) is 27.4. The molecule has 1 aliphatic rings. The Morgan fingerprint density at radius 1 is 1.30 bits per heavy atom. The fourth-order valence-corrected chi connectivity index (χ4v) is 4.05. The van der Waals surface area contributed by atoms with E-state index in [1.807, 2.05) is 0 Å². The Kier molecular flexibility index (Phi) is 4.36. The molecule has 0 heterocycles. The van der Waals surface area contributed by atoms with Crippen LogP contribution in [0.15, 0.2) is 29.2 Å². The number of nitrogens with two attached hydrogens (primary N) is 1. The van der Waals surface area contributed by atoms with Crippen molar-refractivity contribution in [3.05, 3.63) is 24.3 Å². The highest BCUT2D eigenvalue weighted by Gasteiger charge is 2.37. The molecule has 6 heteroatoms. The summed E-state index contributed by atoms with van der Waals surface area (Å²) in [5.74, 6) is 0.579. The van der Waals surface area contributed by atoms with Gasteiger partial charge in [-0.05, 0) is 55.9 Å². The number of anilines is 1. The fraction of sp³-hybridized carbons (Fsp3) is 0.571. The molecule has 0 aliphatic heterocycles. The lowest BCUT2D eigenvalue weighted by Gasteiger charge is -2.38. The molecule has 0 spiro atoms. The van der Waals surface area contributed by atoms with Gasteiger partial charge in [0, 0.05) is 5.69 Å². The molecule has 1 saturated carbocycles. The smallest absolute Gasteiger partial charge is 0.241 e. The first-order valence-corrected chi connectivity index (χ1v) is 8.36. The zero-order chi connectivity index (χ0) is 14.8. The minimum atomic E-state index is -3.63. The average molecular weight is 298 g/mol. The number of aliphatic hydroxyl groups excluding tert-OH is 1. The molecule has 5 nitrogen and oxygen atoms in total. The van der Waals surface area contributed by atoms with Gasteiger partial charge in [0.1, 0.15) is 0 Å². The van der Waals surface area contributed by atoms with Crippen LogP contribution in [0, 0.1) is 5.92 Å². The molecule has 1 fully saturated rings. The molecule has 0 amide bonds. The van der Waals surface area contributed by atoms with Gasteiger partial charge in [0.15, 0.2) is 0 Å². The van der Waals surface area contributed by atoms with E-state index in [2.05, 4.69) is 11.6 Å². The average Bonchev–Trinajstić information content (AvgIpc) is 2.42. The lowest BCUT2D eigenvalue weighted by molar-refractivity contribution is 0.125. The Labute approximate surface area is 120 Å². The Balaban J connectivity index is 2.20. The Morgan fingerprint density at radius 3 is 2.35 bits per heavy atom. The van der Waals surface area contributed by atoms with Crippen molar-refractivity contribution in [2.45, 2.75) is 43.0 Å². The second kappa shape index (κ2) is 5.71. The second-order valence-electron chi connectivity index (χ2n) is 5.80. The van der Waals surface area contributed by atoms with Gasteiger partial charge >= 0.3 is 0 Å². The van der Waals surface area contributed by atoms with Crippen molar-refractivity contribution >= 4 is 15.7 Å². The topological polar surface area (TPSA) is 92.4 Å². The van der Waals surface area contributed by atoms with Crippen LogP contribution in [0.4, 0.5) is 5.69 Å². The number of nitrogens with one attached hydrogen (secondary N) is 1. The highest BCUT2D eigenvalue weighted by molar-refractivity contribution is 7.89. The van der Waals surface area contributed by atoms with E-state index in [1.54, 1.807) is 12.1 Å². The molecule has 4 N–H and O–H groups in total. The van der Waals surface area contributed by atoms with E-state index < -0.39 is 15.6 Å². The molecule has 0 radical (unpaired) electrons. The minimum absolute atomic E-state index is 0.173. The Morgan fingerprint density at radius 2 is 1.85 bits per heavy atom. The van der Waals surface area contributed by atoms with Crippen molar-refractivity contribution in [1.29, 1.82) is 0 Å². The number of hydrogen-bond acceptors (Lipinski definition) is 4. The van der Waals surface area contributed by atoms with E-state index in [0.717, 1.165) is 12.8 Å². The second-order valence-corrected chi connectivity index (χ2v) is 7.48. The molecule has 1 aromatic carbocycles. The molecular weight excluding hydrogens is 276 g/mol. The number of benzene rings is 1. The van der Waals surface area contributed by atoms with Crippen molar-refractivity contribution in [2.75, 3.05) is 12.3 Å². The predicted octanol–water partition coefficient (Wildman–Crippen LogP) is 1.49. The number of nitrogen functional groups attached to an aromatic ring is 1. The third kappa shape index (κ3) is 3.31. The lowest BCUT2D eigenvalue weighted by atomic mass is 9.78. The number of hydrogen-bond donors (Lipinski definition) is 3. The zero-order valence-corrected chi connectivity index (χ0v) is 12.5. The summed E-state index contributed by atoms with van der Waals surface area (Å²) in [7, 11) is -3.63. The quantitative estimate of drug-likeness (QED) is 0.734. The summed E-state index contributed by atoms with van der Waals surface area (Å²) in [6.45, 7) is 1.98. The molecule has 1 aliphatic carbocycles. The highest BCUT2D eigenvalue weighted by Crippen LogP contribution is 2.32. The molecule has 0 unspecified atom stereocenters. The van der Waals surface area contributed by atoms with E-state index in [4.69, 9.17) is 5.73 Å². The molecule has 1 aromatic rings. The third-order valence-corrected chi connectivity index (χ3v) is 5.67. The van der Waals surface area contributed by atoms with Gasteiger partial charge in [-0.3, -0.25) is 0 Å². The van der Waals surface area contributed by atoms with E-state index in [0.29, 0.717) is 24.4 Å². The molecule has 112 valence electrons. The summed E-state index contributed by atoms with van der Waals surface area (Å²) < 4.78 is 27.5. The van der Waals surface area contributed by atoms with Crippen LogP contribution < -0.4 is 10.5 Å². The summed E-state index contributed by atoms with van der Waals surface area (Å²) in [4.78, 5) is 0.179. The van der Waals surface area contributed by atoms with E-state index >= 15 is 0 Å². The van der Waals surface area contributed by atoms with Gasteiger partial charge in [0.05, 0.1) is 17.0 Å². The van der Waals surface area contributed by atoms with Gasteiger partial charge in [-0.1, -0.05) is 6.92 Å². The summed E-state index contributed by atoms with van der Waals surface area (Å²) in [6, 6.07) is 6.08. The maximum Gasteiger partial charge on any atom is 0.241 e. The van der Waals surface area contributed by atoms with Crippen LogP contribution in [-0.2, 0) is 10.0 Å². The molecule has 0 bridgehead atoms. The summed E-state index contributed by atoms with van der Waals surface area (Å²) in [6.07, 6.45) is 3.17. The summed E-state index contributed by atoms with van der Waals surface area (Å²) >= 11 is 0. The molecular formula is C14H22N2O3S. The molecule has 20 heavy (non-hydrogen) atoms. The van der Waals surface area contributed by atoms with Crippen LogP contribution in [0.1, 0.15) is 32.6 Å². The third-order valence-electron chi connectivity index (χ3n) is 4.08. The van der Waals surface area contributed by atoms with Gasteiger partial charge in [0.2, 0.25) is 10.0 Å². The number of rotatable bonds is 4. The van der Waals surface area contributed by atoms with E-state index in [1.165, 1.54) is 12.1 Å². The van der Waals surface area contributed by atoms with Gasteiger partial charge in [0.25, 0.3) is 0 Å². The van der Waals surface area contributed by atoms with E-state index in [9.17, 15) is 13.5 Å². The largest absolute Gasteiger partial charge is 0.399 e. The van der Waals surface area contributed by atoms with Crippen LogP contribution in [0.25, 0.3) is 0 Å². The van der Waals surface area contributed by atoms with Gasteiger partial charge in [-0.25, -0.2) is 13.1 Å². The molecule has 2 rings (SSSR count). The van der Waals surface area contributed by atoms with Gasteiger partial charge in [-0.2, -0.15) is 0 Å². The maximum atomic E-state index is 12.4. The van der Waals surface area contributed by atoms with Crippen LogP contribution in [-0.4, -0.2) is 25.7 Å². The Bertz CT molecular complexity index is 546. The predicted molar refractivity (Wildman–Crippen MR) is 78.6 cm³/mol. The van der Waals surface area contributed by atoms with Crippen LogP contribution in [0.5, 0.6) is 0 Å². The van der Waals surface area contributed by atoms with Crippen molar-refractivity contribution in [1.82, 2.24) is 4.72 Å². The summed E-state index contributed by atoms with van der Waals surface area (Å²) in [5, 5.41) is 9.64. The standard InChI is InChI=1S/C14H22N2O3S/c1-11-6-8-14(10-17,9-7-11)16-20(18,19)13-4-2-12(15)3-5-13/h2-5,11,16-17H,6-10,15H2,1H3. The monoisotopic (exact) mass is 298 g/mol. The van der Waals surface area contributed by atoms with E-state index in [-0.39, 0.29) is 11.5 Å². The minimum Gasteiger partial charge on any atom is -0.399 e. The van der Waals surface area contributed by atoms with Crippen molar-refractivity contribution in [3.63, 3.8) is 0 Å². The first kappa shape index (κ1) is 15.3. The van der Waals surface area contributed by atoms with Gasteiger partial charge in [-0.15, -0.1) is 0 Å². The summed E-state index contributed by atoms with van der Waals surface area (Å²) in [5.41, 5.74) is 5.36. The molecule has 0 saturated heterocycles. The highest BCUT2D eigenvalue weighted by atomic mass is 32.2. The number of aliphatic hydroxyl groups is 1. The first-order chi connectivity index (χ1) is 9.37. The molecule has 0 atom stereocenters.